The van der Waals surface area contributed by atoms with Gasteiger partial charge in [0.25, 0.3) is 5.91 Å². The topological polar surface area (TPSA) is 77.0 Å². The van der Waals surface area contributed by atoms with Crippen LogP contribution in [0.25, 0.3) is 5.69 Å². The van der Waals surface area contributed by atoms with Crippen molar-refractivity contribution in [3.63, 3.8) is 0 Å². The standard InChI is InChI=1S/C15H16F3N5O/c16-15(17,18)11-2-1-3-12(6-11)23-9-13(20-21-23)14(24)22-5-4-10(7-19)8-22/h1-3,6,9-10H,4-5,7-8,19H2/t10-/m1/s1. The maximum Gasteiger partial charge on any atom is 0.416 e. The van der Waals surface area contributed by atoms with Gasteiger partial charge in [-0.25, -0.2) is 4.68 Å². The molecule has 0 bridgehead atoms. The van der Waals surface area contributed by atoms with Gasteiger partial charge in [0.15, 0.2) is 5.69 Å². The molecule has 2 N–H and O–H groups in total. The zero-order valence-corrected chi connectivity index (χ0v) is 12.7. The summed E-state index contributed by atoms with van der Waals surface area (Å²) in [7, 11) is 0. The van der Waals surface area contributed by atoms with Gasteiger partial charge >= 0.3 is 6.18 Å². The number of likely N-dealkylation sites (tertiary alicyclic amines) is 1. The number of nitrogens with two attached hydrogens (primary N) is 1. The fraction of sp³-hybridized carbons (Fsp3) is 0.400. The Bertz CT molecular complexity index is 743. The quantitative estimate of drug-likeness (QED) is 0.923. The number of amides is 1. The number of rotatable bonds is 3. The second kappa shape index (κ2) is 6.23. The van der Waals surface area contributed by atoms with Crippen molar-refractivity contribution in [2.75, 3.05) is 19.6 Å². The lowest BCUT2D eigenvalue weighted by molar-refractivity contribution is -0.137. The van der Waals surface area contributed by atoms with Crippen molar-refractivity contribution in [3.05, 3.63) is 41.7 Å². The van der Waals surface area contributed by atoms with Crippen LogP contribution in [0.5, 0.6) is 0 Å². The highest BCUT2D eigenvalue weighted by atomic mass is 19.4. The van der Waals surface area contributed by atoms with Crippen molar-refractivity contribution >= 4 is 5.91 Å². The van der Waals surface area contributed by atoms with Crippen molar-refractivity contribution in [1.29, 1.82) is 0 Å². The highest BCUT2D eigenvalue weighted by Crippen LogP contribution is 2.30. The molecule has 1 aliphatic heterocycles. The zero-order chi connectivity index (χ0) is 17.3. The van der Waals surface area contributed by atoms with E-state index < -0.39 is 11.7 Å². The number of nitrogens with zero attached hydrogens (tertiary/aromatic N) is 4. The highest BCUT2D eigenvalue weighted by molar-refractivity contribution is 5.92. The summed E-state index contributed by atoms with van der Waals surface area (Å²) in [6, 6.07) is 4.69. The van der Waals surface area contributed by atoms with Crippen LogP contribution in [0.2, 0.25) is 0 Å². The van der Waals surface area contributed by atoms with E-state index in [2.05, 4.69) is 10.3 Å². The summed E-state index contributed by atoms with van der Waals surface area (Å²) in [5.41, 5.74) is 5.11. The fourth-order valence-corrected chi connectivity index (χ4v) is 2.68. The van der Waals surface area contributed by atoms with E-state index in [1.807, 2.05) is 0 Å². The van der Waals surface area contributed by atoms with E-state index in [1.54, 1.807) is 4.90 Å². The first kappa shape index (κ1) is 16.4. The van der Waals surface area contributed by atoms with Gasteiger partial charge in [-0.1, -0.05) is 11.3 Å². The van der Waals surface area contributed by atoms with Gasteiger partial charge in [0, 0.05) is 13.1 Å². The van der Waals surface area contributed by atoms with Crippen LogP contribution in [0.4, 0.5) is 13.2 Å². The van der Waals surface area contributed by atoms with Crippen LogP contribution < -0.4 is 5.73 Å². The highest BCUT2D eigenvalue weighted by Gasteiger charge is 2.31. The smallest absolute Gasteiger partial charge is 0.337 e. The third kappa shape index (κ3) is 3.25. The summed E-state index contributed by atoms with van der Waals surface area (Å²) < 4.78 is 39.5. The average Bonchev–Trinajstić information content (AvgIpc) is 3.23. The van der Waals surface area contributed by atoms with Gasteiger partial charge in [0.1, 0.15) is 0 Å². The molecule has 1 fully saturated rings. The number of carbonyl (C=O) groups is 1. The van der Waals surface area contributed by atoms with Crippen LogP contribution in [0.3, 0.4) is 0 Å². The van der Waals surface area contributed by atoms with Crippen molar-refractivity contribution in [1.82, 2.24) is 19.9 Å². The molecule has 6 nitrogen and oxygen atoms in total. The second-order valence-corrected chi connectivity index (χ2v) is 5.74. The van der Waals surface area contributed by atoms with Gasteiger partial charge in [0.05, 0.1) is 17.4 Å². The molecule has 0 radical (unpaired) electrons. The molecule has 1 saturated heterocycles. The summed E-state index contributed by atoms with van der Waals surface area (Å²) in [6.07, 6.45) is -2.26. The fourth-order valence-electron chi connectivity index (χ4n) is 2.68. The van der Waals surface area contributed by atoms with E-state index in [4.69, 9.17) is 5.73 Å². The van der Waals surface area contributed by atoms with Crippen LogP contribution in [0.15, 0.2) is 30.5 Å². The van der Waals surface area contributed by atoms with E-state index in [-0.39, 0.29) is 23.2 Å². The first-order valence-corrected chi connectivity index (χ1v) is 7.48. The largest absolute Gasteiger partial charge is 0.416 e. The first-order chi connectivity index (χ1) is 11.4. The number of hydrogen-bond donors (Lipinski definition) is 1. The SMILES string of the molecule is NC[C@H]1CCN(C(=O)c2cn(-c3cccc(C(F)(F)F)c3)nn2)C1. The predicted molar refractivity (Wildman–Crippen MR) is 79.4 cm³/mol. The molecule has 1 aromatic heterocycles. The number of carbonyl (C=O) groups excluding carboxylic acids is 1. The first-order valence-electron chi connectivity index (χ1n) is 7.48. The molecule has 1 aromatic carbocycles. The third-order valence-corrected chi connectivity index (χ3v) is 4.06. The van der Waals surface area contributed by atoms with Crippen LogP contribution in [0.1, 0.15) is 22.5 Å². The Morgan fingerprint density at radius 3 is 2.83 bits per heavy atom. The molecule has 0 aliphatic carbocycles. The van der Waals surface area contributed by atoms with Gasteiger partial charge in [-0.15, -0.1) is 5.10 Å². The lowest BCUT2D eigenvalue weighted by Crippen LogP contribution is -2.30. The van der Waals surface area contributed by atoms with E-state index >= 15 is 0 Å². The number of aromatic nitrogens is 3. The number of benzene rings is 1. The molecule has 9 heteroatoms. The van der Waals surface area contributed by atoms with Gasteiger partial charge < -0.3 is 10.6 Å². The third-order valence-electron chi connectivity index (χ3n) is 4.06. The molecule has 1 amide bonds. The van der Waals surface area contributed by atoms with Crippen molar-refractivity contribution in [2.45, 2.75) is 12.6 Å². The van der Waals surface area contributed by atoms with Gasteiger partial charge in [0.2, 0.25) is 0 Å². The van der Waals surface area contributed by atoms with Gasteiger partial charge in [-0.2, -0.15) is 13.2 Å². The molecule has 0 unspecified atom stereocenters. The van der Waals surface area contributed by atoms with Crippen molar-refractivity contribution < 1.29 is 18.0 Å². The molecule has 0 saturated carbocycles. The molecule has 1 atom stereocenters. The van der Waals surface area contributed by atoms with E-state index in [0.29, 0.717) is 19.6 Å². The maximum absolute atomic E-state index is 12.8. The van der Waals surface area contributed by atoms with E-state index in [0.717, 1.165) is 18.6 Å². The number of hydrogen-bond acceptors (Lipinski definition) is 4. The monoisotopic (exact) mass is 339 g/mol. The Kier molecular flexibility index (Phi) is 4.27. The molecule has 3 rings (SSSR count). The normalized spacial score (nSPS) is 18.2. The molecule has 2 heterocycles. The minimum Gasteiger partial charge on any atom is -0.337 e. The summed E-state index contributed by atoms with van der Waals surface area (Å²) in [6.45, 7) is 1.67. The Morgan fingerprint density at radius 2 is 2.17 bits per heavy atom. The second-order valence-electron chi connectivity index (χ2n) is 5.74. The Morgan fingerprint density at radius 1 is 1.38 bits per heavy atom. The Hall–Kier alpha value is -2.42. The number of alkyl halides is 3. The van der Waals surface area contributed by atoms with Crippen molar-refractivity contribution in [3.8, 4) is 5.69 Å². The van der Waals surface area contributed by atoms with Crippen LogP contribution in [-0.2, 0) is 6.18 Å². The summed E-state index contributed by atoms with van der Waals surface area (Å²) in [4.78, 5) is 14.0. The van der Waals surface area contributed by atoms with Crippen LogP contribution in [-0.4, -0.2) is 45.4 Å². The molecular weight excluding hydrogens is 323 g/mol. The molecule has 0 spiro atoms. The number of halogens is 3. The molecule has 1 aliphatic rings. The summed E-state index contributed by atoms with van der Waals surface area (Å²) in [5.74, 6) is -0.0170. The average molecular weight is 339 g/mol. The molecular formula is C15H16F3N5O. The molecule has 128 valence electrons. The Labute approximate surface area is 136 Å². The lowest BCUT2D eigenvalue weighted by Gasteiger charge is -2.14. The maximum atomic E-state index is 12.8. The van der Waals surface area contributed by atoms with Crippen LogP contribution >= 0.6 is 0 Å². The van der Waals surface area contributed by atoms with Crippen LogP contribution in [0, 0.1) is 5.92 Å². The van der Waals surface area contributed by atoms with Gasteiger partial charge in [-0.3, -0.25) is 4.79 Å². The summed E-state index contributed by atoms with van der Waals surface area (Å²) >= 11 is 0. The lowest BCUT2D eigenvalue weighted by atomic mass is 10.1. The minimum atomic E-state index is -4.44. The molecule has 2 aromatic rings. The van der Waals surface area contributed by atoms with Gasteiger partial charge in [-0.05, 0) is 37.1 Å². The Balaban J connectivity index is 1.80. The molecule has 24 heavy (non-hydrogen) atoms. The summed E-state index contributed by atoms with van der Waals surface area (Å²) in [5, 5.41) is 7.56. The minimum absolute atomic E-state index is 0.102. The predicted octanol–water partition coefficient (Wildman–Crippen LogP) is 1.71. The van der Waals surface area contributed by atoms with E-state index in [9.17, 15) is 18.0 Å². The zero-order valence-electron chi connectivity index (χ0n) is 12.7. The van der Waals surface area contributed by atoms with Crippen molar-refractivity contribution in [2.24, 2.45) is 11.7 Å². The van der Waals surface area contributed by atoms with E-state index in [1.165, 1.54) is 23.0 Å².